The van der Waals surface area contributed by atoms with Crippen LogP contribution in [0, 0.1) is 0 Å². The van der Waals surface area contributed by atoms with E-state index < -0.39 is 0 Å². The van der Waals surface area contributed by atoms with Gasteiger partial charge in [-0.2, -0.15) is 11.8 Å². The molecule has 0 aromatic heterocycles. The Morgan fingerprint density at radius 3 is 2.50 bits per heavy atom. The summed E-state index contributed by atoms with van der Waals surface area (Å²) in [4.78, 5) is 13.0. The number of likely N-dealkylation sites (N-methyl/N-ethyl adjacent to an activating group) is 1. The van der Waals surface area contributed by atoms with Crippen LogP contribution < -0.4 is 0 Å². The largest absolute Gasteiger partial charge is 0.341 e. The molecule has 0 radical (unpaired) electrons. The molecule has 0 unspecified atom stereocenters. The van der Waals surface area contributed by atoms with E-state index in [1.54, 1.807) is 16.7 Å². The van der Waals surface area contributed by atoms with E-state index in [1.807, 2.05) is 27.2 Å². The molecule has 0 N–H and O–H groups in total. The number of amides is 1. The minimum atomic E-state index is 0.194. The lowest BCUT2D eigenvalue weighted by molar-refractivity contribution is -0.126. The highest BCUT2D eigenvalue weighted by Gasteiger charge is 2.04. The zero-order chi connectivity index (χ0) is 9.56. The predicted molar refractivity (Wildman–Crippen MR) is 55.5 cm³/mol. The lowest BCUT2D eigenvalue weighted by atomic mass is 10.3. The van der Waals surface area contributed by atoms with Crippen molar-refractivity contribution >= 4 is 17.7 Å². The molecule has 0 bridgehead atoms. The standard InChI is InChI=1S/C9H17NOS/c1-8(2)5-6-10(3)9(11)7-12-4/h5H,6-7H2,1-4H3. The molecule has 0 spiro atoms. The Kier molecular flexibility index (Phi) is 5.89. The first-order valence-corrected chi connectivity index (χ1v) is 5.33. The van der Waals surface area contributed by atoms with Gasteiger partial charge < -0.3 is 4.90 Å². The Morgan fingerprint density at radius 2 is 2.08 bits per heavy atom. The van der Waals surface area contributed by atoms with E-state index in [2.05, 4.69) is 6.08 Å². The van der Waals surface area contributed by atoms with Crippen molar-refractivity contribution in [1.82, 2.24) is 4.90 Å². The third-order valence-corrected chi connectivity index (χ3v) is 2.00. The number of hydrogen-bond donors (Lipinski definition) is 0. The first kappa shape index (κ1) is 11.6. The SMILES string of the molecule is CSCC(=O)N(C)CC=C(C)C. The van der Waals surface area contributed by atoms with Crippen LogP contribution in [-0.4, -0.2) is 36.4 Å². The van der Waals surface area contributed by atoms with Crippen LogP contribution in [0.15, 0.2) is 11.6 Å². The normalized spacial score (nSPS) is 9.33. The molecule has 0 saturated heterocycles. The third kappa shape index (κ3) is 5.24. The summed E-state index contributed by atoms with van der Waals surface area (Å²) in [6, 6.07) is 0. The van der Waals surface area contributed by atoms with Crippen LogP contribution in [0.5, 0.6) is 0 Å². The van der Waals surface area contributed by atoms with Gasteiger partial charge in [-0.15, -0.1) is 0 Å². The molecule has 0 aliphatic heterocycles. The van der Waals surface area contributed by atoms with Gasteiger partial charge in [0.25, 0.3) is 0 Å². The van der Waals surface area contributed by atoms with Crippen molar-refractivity contribution in [1.29, 1.82) is 0 Å². The summed E-state index contributed by atoms with van der Waals surface area (Å²) in [5.41, 5.74) is 1.25. The number of allylic oxidation sites excluding steroid dienone is 1. The average molecular weight is 187 g/mol. The number of nitrogens with zero attached hydrogens (tertiary/aromatic N) is 1. The summed E-state index contributed by atoms with van der Waals surface area (Å²) in [6.45, 7) is 4.79. The molecule has 3 heteroatoms. The molecular weight excluding hydrogens is 170 g/mol. The van der Waals surface area contributed by atoms with Gasteiger partial charge in [0.05, 0.1) is 5.75 Å². The van der Waals surface area contributed by atoms with E-state index in [4.69, 9.17) is 0 Å². The highest BCUT2D eigenvalue weighted by Crippen LogP contribution is 1.97. The quantitative estimate of drug-likeness (QED) is 0.625. The van der Waals surface area contributed by atoms with Crippen LogP contribution in [0.25, 0.3) is 0 Å². The summed E-state index contributed by atoms with van der Waals surface area (Å²) < 4.78 is 0. The van der Waals surface area contributed by atoms with Crippen molar-refractivity contribution in [2.75, 3.05) is 25.6 Å². The molecule has 0 saturated carbocycles. The van der Waals surface area contributed by atoms with Crippen molar-refractivity contribution < 1.29 is 4.79 Å². The summed E-state index contributed by atoms with van der Waals surface area (Å²) in [5.74, 6) is 0.771. The van der Waals surface area contributed by atoms with Crippen molar-refractivity contribution in [2.45, 2.75) is 13.8 Å². The fourth-order valence-electron chi connectivity index (χ4n) is 0.655. The Bertz CT molecular complexity index is 173. The molecule has 0 heterocycles. The second-order valence-electron chi connectivity index (χ2n) is 2.99. The van der Waals surface area contributed by atoms with E-state index in [0.717, 1.165) is 6.54 Å². The number of carbonyl (C=O) groups is 1. The van der Waals surface area contributed by atoms with Gasteiger partial charge in [-0.25, -0.2) is 0 Å². The maximum absolute atomic E-state index is 11.2. The second kappa shape index (κ2) is 6.12. The average Bonchev–Trinajstić information content (AvgIpc) is 2.00. The highest BCUT2D eigenvalue weighted by atomic mass is 32.2. The lowest BCUT2D eigenvalue weighted by Gasteiger charge is -2.14. The molecule has 0 aromatic rings. The van der Waals surface area contributed by atoms with Gasteiger partial charge >= 0.3 is 0 Å². The first-order chi connectivity index (χ1) is 5.57. The Labute approximate surface area is 79.0 Å². The van der Waals surface area contributed by atoms with E-state index in [0.29, 0.717) is 5.75 Å². The van der Waals surface area contributed by atoms with Gasteiger partial charge in [0.1, 0.15) is 0 Å². The zero-order valence-corrected chi connectivity index (χ0v) is 9.07. The molecule has 0 aromatic carbocycles. The molecule has 1 amide bonds. The Balaban J connectivity index is 3.79. The van der Waals surface area contributed by atoms with Gasteiger partial charge in [0, 0.05) is 13.6 Å². The molecule has 12 heavy (non-hydrogen) atoms. The molecular formula is C9H17NOS. The van der Waals surface area contributed by atoms with Crippen LogP contribution in [0.2, 0.25) is 0 Å². The van der Waals surface area contributed by atoms with Crippen molar-refractivity contribution in [3.63, 3.8) is 0 Å². The smallest absolute Gasteiger partial charge is 0.232 e. The molecule has 0 fully saturated rings. The minimum Gasteiger partial charge on any atom is -0.341 e. The molecule has 0 aliphatic carbocycles. The van der Waals surface area contributed by atoms with Gasteiger partial charge in [-0.3, -0.25) is 4.79 Å². The topological polar surface area (TPSA) is 20.3 Å². The number of hydrogen-bond acceptors (Lipinski definition) is 2. The summed E-state index contributed by atoms with van der Waals surface area (Å²) in [6.07, 6.45) is 3.99. The zero-order valence-electron chi connectivity index (χ0n) is 8.26. The highest BCUT2D eigenvalue weighted by molar-refractivity contribution is 7.99. The van der Waals surface area contributed by atoms with Gasteiger partial charge in [-0.05, 0) is 20.1 Å². The molecule has 0 atom stereocenters. The van der Waals surface area contributed by atoms with Crippen LogP contribution >= 0.6 is 11.8 Å². The van der Waals surface area contributed by atoms with Crippen LogP contribution in [0.4, 0.5) is 0 Å². The van der Waals surface area contributed by atoms with Crippen molar-refractivity contribution in [3.05, 3.63) is 11.6 Å². The predicted octanol–water partition coefficient (Wildman–Crippen LogP) is 1.77. The third-order valence-electron chi connectivity index (χ3n) is 1.47. The fraction of sp³-hybridized carbons (Fsp3) is 0.667. The lowest BCUT2D eigenvalue weighted by Crippen LogP contribution is -2.28. The van der Waals surface area contributed by atoms with E-state index >= 15 is 0 Å². The number of thioether (sulfide) groups is 1. The fourth-order valence-corrected chi connectivity index (χ4v) is 1.12. The maximum Gasteiger partial charge on any atom is 0.232 e. The Morgan fingerprint density at radius 1 is 1.50 bits per heavy atom. The summed E-state index contributed by atoms with van der Waals surface area (Å²) in [7, 11) is 1.83. The van der Waals surface area contributed by atoms with Crippen molar-refractivity contribution in [3.8, 4) is 0 Å². The summed E-state index contributed by atoms with van der Waals surface area (Å²) in [5, 5.41) is 0. The molecule has 0 rings (SSSR count). The van der Waals surface area contributed by atoms with E-state index in [-0.39, 0.29) is 5.91 Å². The number of carbonyl (C=O) groups excluding carboxylic acids is 1. The van der Waals surface area contributed by atoms with Crippen LogP contribution in [0.1, 0.15) is 13.8 Å². The number of rotatable bonds is 4. The first-order valence-electron chi connectivity index (χ1n) is 3.94. The molecule has 0 aliphatic rings. The summed E-state index contributed by atoms with van der Waals surface area (Å²) >= 11 is 1.56. The molecule has 70 valence electrons. The van der Waals surface area contributed by atoms with Crippen LogP contribution in [0.3, 0.4) is 0 Å². The molecule has 2 nitrogen and oxygen atoms in total. The minimum absolute atomic E-state index is 0.194. The van der Waals surface area contributed by atoms with E-state index in [9.17, 15) is 4.79 Å². The monoisotopic (exact) mass is 187 g/mol. The Hall–Kier alpha value is -0.440. The van der Waals surface area contributed by atoms with Crippen LogP contribution in [-0.2, 0) is 4.79 Å². The second-order valence-corrected chi connectivity index (χ2v) is 3.85. The van der Waals surface area contributed by atoms with Gasteiger partial charge in [0.2, 0.25) is 5.91 Å². The van der Waals surface area contributed by atoms with Crippen molar-refractivity contribution in [2.24, 2.45) is 0 Å². The maximum atomic E-state index is 11.2. The van der Waals surface area contributed by atoms with Gasteiger partial charge in [0.15, 0.2) is 0 Å². The van der Waals surface area contributed by atoms with E-state index in [1.165, 1.54) is 5.57 Å². The van der Waals surface area contributed by atoms with Gasteiger partial charge in [-0.1, -0.05) is 11.6 Å².